The summed E-state index contributed by atoms with van der Waals surface area (Å²) in [7, 11) is 1.38. The highest BCUT2D eigenvalue weighted by Gasteiger charge is 2.12. The fraction of sp³-hybridized carbons (Fsp3) is 0.0625. The summed E-state index contributed by atoms with van der Waals surface area (Å²) in [4.78, 5) is 16.9. The maximum atomic E-state index is 11.6. The van der Waals surface area contributed by atoms with E-state index in [4.69, 9.17) is 4.74 Å². The van der Waals surface area contributed by atoms with Gasteiger partial charge in [0.1, 0.15) is 5.69 Å². The lowest BCUT2D eigenvalue weighted by molar-refractivity contribution is 0.0595. The van der Waals surface area contributed by atoms with Crippen molar-refractivity contribution >= 4 is 44.6 Å². The molecule has 1 N–H and O–H groups in total. The fourth-order valence-corrected chi connectivity index (χ4v) is 3.58. The van der Waals surface area contributed by atoms with Crippen molar-refractivity contribution in [3.8, 4) is 0 Å². The Bertz CT molecular complexity index is 813. The second kappa shape index (κ2) is 5.95. The van der Waals surface area contributed by atoms with E-state index in [2.05, 4.69) is 27.0 Å². The number of hydrogen-bond donors (Lipinski definition) is 1. The van der Waals surface area contributed by atoms with Crippen LogP contribution in [0, 0.1) is 0 Å². The van der Waals surface area contributed by atoms with E-state index in [9.17, 15) is 4.79 Å². The van der Waals surface area contributed by atoms with E-state index in [1.54, 1.807) is 11.8 Å². The van der Waals surface area contributed by atoms with Crippen LogP contribution in [0.2, 0.25) is 0 Å². The van der Waals surface area contributed by atoms with Gasteiger partial charge in [0.2, 0.25) is 0 Å². The molecule has 106 valence electrons. The number of H-pyrrole nitrogens is 1. The van der Waals surface area contributed by atoms with Gasteiger partial charge in [0.25, 0.3) is 0 Å². The van der Waals surface area contributed by atoms with E-state index < -0.39 is 0 Å². The topological polar surface area (TPSA) is 42.1 Å². The molecule has 0 bridgehead atoms. The van der Waals surface area contributed by atoms with Crippen molar-refractivity contribution in [3.05, 3.63) is 58.7 Å². The van der Waals surface area contributed by atoms with Crippen LogP contribution in [0.4, 0.5) is 0 Å². The van der Waals surface area contributed by atoms with Crippen molar-refractivity contribution in [2.45, 2.75) is 9.79 Å². The van der Waals surface area contributed by atoms with E-state index in [0.29, 0.717) is 5.69 Å². The Morgan fingerprint density at radius 3 is 2.67 bits per heavy atom. The van der Waals surface area contributed by atoms with Crippen LogP contribution in [0.5, 0.6) is 0 Å². The number of nitrogens with one attached hydrogen (secondary N) is 1. The molecule has 0 fully saturated rings. The normalized spacial score (nSPS) is 10.8. The largest absolute Gasteiger partial charge is 0.464 e. The van der Waals surface area contributed by atoms with Crippen LogP contribution in [-0.4, -0.2) is 18.1 Å². The molecule has 0 aliphatic heterocycles. The van der Waals surface area contributed by atoms with Gasteiger partial charge in [-0.05, 0) is 46.3 Å². The molecule has 0 aliphatic carbocycles. The number of hydrogen-bond acceptors (Lipinski definition) is 3. The van der Waals surface area contributed by atoms with Crippen molar-refractivity contribution < 1.29 is 9.53 Å². The zero-order chi connectivity index (χ0) is 14.8. The molecule has 3 rings (SSSR count). The van der Waals surface area contributed by atoms with Crippen LogP contribution in [-0.2, 0) is 4.74 Å². The molecule has 2 aromatic carbocycles. The molecule has 21 heavy (non-hydrogen) atoms. The van der Waals surface area contributed by atoms with Gasteiger partial charge in [-0.25, -0.2) is 4.79 Å². The maximum absolute atomic E-state index is 11.6. The summed E-state index contributed by atoms with van der Waals surface area (Å²) in [5, 5.41) is 1.01. The Hall–Kier alpha value is -1.72. The molecule has 3 nitrogen and oxygen atoms in total. The quantitative estimate of drug-likeness (QED) is 0.676. The Morgan fingerprint density at radius 1 is 1.14 bits per heavy atom. The Balaban J connectivity index is 2.05. The summed E-state index contributed by atoms with van der Waals surface area (Å²) in [6.07, 6.45) is 0. The highest BCUT2D eigenvalue weighted by atomic mass is 79.9. The van der Waals surface area contributed by atoms with Crippen molar-refractivity contribution in [1.82, 2.24) is 4.98 Å². The number of fused-ring (bicyclic) bond motifs is 1. The molecular weight excluding hydrogens is 350 g/mol. The van der Waals surface area contributed by atoms with E-state index >= 15 is 0 Å². The molecular formula is C16H12BrNO2S. The fourth-order valence-electron chi connectivity index (χ4n) is 2.08. The van der Waals surface area contributed by atoms with E-state index in [-0.39, 0.29) is 5.97 Å². The summed E-state index contributed by atoms with van der Waals surface area (Å²) in [5.41, 5.74) is 1.39. The molecule has 0 aliphatic rings. The average molecular weight is 362 g/mol. The minimum Gasteiger partial charge on any atom is -0.464 e. The van der Waals surface area contributed by atoms with Crippen LogP contribution < -0.4 is 0 Å². The maximum Gasteiger partial charge on any atom is 0.354 e. The molecule has 0 saturated heterocycles. The molecule has 1 aromatic heterocycles. The predicted octanol–water partition coefficient (Wildman–Crippen LogP) is 4.87. The van der Waals surface area contributed by atoms with Gasteiger partial charge in [-0.1, -0.05) is 30.0 Å². The first-order valence-electron chi connectivity index (χ1n) is 6.31. The number of carbonyl (C=O) groups excluding carboxylic acids is 1. The Kier molecular flexibility index (Phi) is 4.03. The minimum atomic E-state index is -0.358. The number of halogens is 1. The third-order valence-corrected chi connectivity index (χ3v) is 5.19. The first-order valence-corrected chi connectivity index (χ1v) is 7.92. The van der Waals surface area contributed by atoms with Crippen molar-refractivity contribution in [2.24, 2.45) is 0 Å². The first kappa shape index (κ1) is 14.2. The van der Waals surface area contributed by atoms with Crippen molar-refractivity contribution in [3.63, 3.8) is 0 Å². The molecule has 0 radical (unpaired) electrons. The summed E-state index contributed by atoms with van der Waals surface area (Å²) < 4.78 is 5.81. The minimum absolute atomic E-state index is 0.358. The standard InChI is InChI=1S/C16H12BrNO2S/c1-20-16(19)13-9-10-12(18-13)6-4-8-14(10)21-15-7-3-2-5-11(15)17/h2-9,18H,1H3. The molecule has 0 spiro atoms. The molecule has 3 aromatic rings. The van der Waals surface area contributed by atoms with Gasteiger partial charge >= 0.3 is 5.97 Å². The lowest BCUT2D eigenvalue weighted by Gasteiger charge is -2.05. The number of ether oxygens (including phenoxy) is 1. The summed E-state index contributed by atoms with van der Waals surface area (Å²) in [6, 6.07) is 15.9. The molecule has 5 heteroatoms. The van der Waals surface area contributed by atoms with Crippen molar-refractivity contribution in [2.75, 3.05) is 7.11 Å². The van der Waals surface area contributed by atoms with Gasteiger partial charge in [-0.3, -0.25) is 0 Å². The van der Waals surface area contributed by atoms with E-state index in [1.807, 2.05) is 42.5 Å². The molecule has 0 saturated carbocycles. The second-order valence-corrected chi connectivity index (χ2v) is 6.36. The lowest BCUT2D eigenvalue weighted by atomic mass is 10.2. The summed E-state index contributed by atoms with van der Waals surface area (Å²) in [5.74, 6) is -0.358. The summed E-state index contributed by atoms with van der Waals surface area (Å²) >= 11 is 5.21. The van der Waals surface area contributed by atoms with Gasteiger partial charge in [0.05, 0.1) is 7.11 Å². The number of benzene rings is 2. The van der Waals surface area contributed by atoms with E-state index in [0.717, 1.165) is 25.2 Å². The van der Waals surface area contributed by atoms with Gasteiger partial charge < -0.3 is 9.72 Å². The van der Waals surface area contributed by atoms with Crippen LogP contribution in [0.1, 0.15) is 10.5 Å². The predicted molar refractivity (Wildman–Crippen MR) is 87.9 cm³/mol. The van der Waals surface area contributed by atoms with Crippen LogP contribution >= 0.6 is 27.7 Å². The average Bonchev–Trinajstić information content (AvgIpc) is 2.94. The van der Waals surface area contributed by atoms with Gasteiger partial charge in [0, 0.05) is 25.2 Å². The molecule has 0 unspecified atom stereocenters. The van der Waals surface area contributed by atoms with E-state index in [1.165, 1.54) is 7.11 Å². The van der Waals surface area contributed by atoms with Crippen LogP contribution in [0.25, 0.3) is 10.9 Å². The van der Waals surface area contributed by atoms with Crippen LogP contribution in [0.3, 0.4) is 0 Å². The number of esters is 1. The Labute approximate surface area is 134 Å². The summed E-state index contributed by atoms with van der Waals surface area (Å²) in [6.45, 7) is 0. The SMILES string of the molecule is COC(=O)c1cc2c(Sc3ccccc3Br)cccc2[nH]1. The zero-order valence-corrected chi connectivity index (χ0v) is 13.6. The third kappa shape index (κ3) is 2.84. The van der Waals surface area contributed by atoms with Gasteiger partial charge in [0.15, 0.2) is 0 Å². The number of aromatic nitrogens is 1. The highest BCUT2D eigenvalue weighted by Crippen LogP contribution is 2.37. The number of rotatable bonds is 3. The zero-order valence-electron chi connectivity index (χ0n) is 11.2. The first-order chi connectivity index (χ1) is 10.2. The monoisotopic (exact) mass is 361 g/mol. The second-order valence-electron chi connectivity index (χ2n) is 4.42. The third-order valence-electron chi connectivity index (χ3n) is 3.09. The van der Waals surface area contributed by atoms with Crippen LogP contribution in [0.15, 0.2) is 62.8 Å². The number of carbonyl (C=O) groups is 1. The smallest absolute Gasteiger partial charge is 0.354 e. The van der Waals surface area contributed by atoms with Crippen molar-refractivity contribution in [1.29, 1.82) is 0 Å². The Morgan fingerprint density at radius 2 is 1.90 bits per heavy atom. The van der Waals surface area contributed by atoms with Gasteiger partial charge in [-0.15, -0.1) is 0 Å². The van der Waals surface area contributed by atoms with Gasteiger partial charge in [-0.2, -0.15) is 0 Å². The molecule has 1 heterocycles. The number of methoxy groups -OCH3 is 1. The highest BCUT2D eigenvalue weighted by molar-refractivity contribution is 9.10. The lowest BCUT2D eigenvalue weighted by Crippen LogP contribution is -2.00. The molecule has 0 atom stereocenters. The molecule has 0 amide bonds. The number of aromatic amines is 1.